The van der Waals surface area contributed by atoms with Gasteiger partial charge < -0.3 is 5.32 Å². The van der Waals surface area contributed by atoms with E-state index in [0.717, 1.165) is 10.9 Å². The SMILES string of the molecule is O=C(Nc1ccc(CBr)cc1)c1cccc(F)c1Br. The van der Waals surface area contributed by atoms with Gasteiger partial charge in [-0.15, -0.1) is 0 Å². The number of benzene rings is 2. The Morgan fingerprint density at radius 3 is 2.47 bits per heavy atom. The minimum atomic E-state index is -0.456. The molecular weight excluding hydrogens is 377 g/mol. The molecule has 0 aromatic heterocycles. The third-order valence-electron chi connectivity index (χ3n) is 2.56. The van der Waals surface area contributed by atoms with Gasteiger partial charge in [-0.1, -0.05) is 34.1 Å². The van der Waals surface area contributed by atoms with Crippen LogP contribution in [0.15, 0.2) is 46.9 Å². The van der Waals surface area contributed by atoms with Gasteiger partial charge in [-0.2, -0.15) is 0 Å². The number of carbonyl (C=O) groups is 1. The maximum absolute atomic E-state index is 13.3. The molecule has 19 heavy (non-hydrogen) atoms. The number of hydrogen-bond acceptors (Lipinski definition) is 1. The molecule has 0 bridgehead atoms. The number of anilines is 1. The van der Waals surface area contributed by atoms with Gasteiger partial charge in [-0.05, 0) is 45.8 Å². The topological polar surface area (TPSA) is 29.1 Å². The molecule has 0 spiro atoms. The van der Waals surface area contributed by atoms with E-state index in [9.17, 15) is 9.18 Å². The smallest absolute Gasteiger partial charge is 0.256 e. The monoisotopic (exact) mass is 385 g/mol. The molecule has 0 aliphatic carbocycles. The lowest BCUT2D eigenvalue weighted by atomic mass is 10.2. The summed E-state index contributed by atoms with van der Waals surface area (Å²) in [6.07, 6.45) is 0. The number of hydrogen-bond donors (Lipinski definition) is 1. The molecule has 2 aromatic carbocycles. The van der Waals surface area contributed by atoms with Crippen molar-refractivity contribution >= 4 is 43.5 Å². The fraction of sp³-hybridized carbons (Fsp3) is 0.0714. The van der Waals surface area contributed by atoms with E-state index in [-0.39, 0.29) is 15.9 Å². The predicted octanol–water partition coefficient (Wildman–Crippen LogP) is 4.74. The Kier molecular flexibility index (Phi) is 4.71. The van der Waals surface area contributed by atoms with Crippen molar-refractivity contribution < 1.29 is 9.18 Å². The van der Waals surface area contributed by atoms with Gasteiger partial charge in [0.1, 0.15) is 5.82 Å². The Bertz CT molecular complexity index is 599. The lowest BCUT2D eigenvalue weighted by molar-refractivity contribution is 0.102. The molecule has 2 aromatic rings. The minimum Gasteiger partial charge on any atom is -0.322 e. The first-order valence-corrected chi connectivity index (χ1v) is 7.43. The van der Waals surface area contributed by atoms with Crippen LogP contribution in [0.25, 0.3) is 0 Å². The van der Waals surface area contributed by atoms with Crippen LogP contribution in [-0.4, -0.2) is 5.91 Å². The molecule has 1 amide bonds. The van der Waals surface area contributed by atoms with Crippen LogP contribution in [0.1, 0.15) is 15.9 Å². The summed E-state index contributed by atoms with van der Waals surface area (Å²) in [5.41, 5.74) is 2.06. The van der Waals surface area contributed by atoms with Crippen LogP contribution in [0.5, 0.6) is 0 Å². The van der Waals surface area contributed by atoms with Gasteiger partial charge in [-0.25, -0.2) is 4.39 Å². The lowest BCUT2D eigenvalue weighted by Gasteiger charge is -2.07. The normalized spacial score (nSPS) is 10.3. The zero-order chi connectivity index (χ0) is 13.8. The van der Waals surface area contributed by atoms with Crippen molar-refractivity contribution in [3.05, 3.63) is 63.9 Å². The Balaban J connectivity index is 2.18. The molecule has 2 nitrogen and oxygen atoms in total. The minimum absolute atomic E-state index is 0.171. The van der Waals surface area contributed by atoms with Gasteiger partial charge >= 0.3 is 0 Å². The standard InChI is InChI=1S/C14H10Br2FNO/c15-8-9-4-6-10(7-5-9)18-14(19)11-2-1-3-12(17)13(11)16/h1-7H,8H2,(H,18,19). The van der Waals surface area contributed by atoms with Crippen molar-refractivity contribution in [3.8, 4) is 0 Å². The van der Waals surface area contributed by atoms with Gasteiger partial charge in [0.2, 0.25) is 0 Å². The van der Waals surface area contributed by atoms with Crippen molar-refractivity contribution in [2.75, 3.05) is 5.32 Å². The number of carbonyl (C=O) groups excluding carboxylic acids is 1. The highest BCUT2D eigenvalue weighted by atomic mass is 79.9. The number of amides is 1. The first kappa shape index (κ1) is 14.2. The first-order valence-electron chi connectivity index (χ1n) is 5.52. The first-order chi connectivity index (χ1) is 9.11. The van der Waals surface area contributed by atoms with E-state index in [1.54, 1.807) is 6.07 Å². The summed E-state index contributed by atoms with van der Waals surface area (Å²) in [5.74, 6) is -0.805. The Morgan fingerprint density at radius 2 is 1.84 bits per heavy atom. The molecule has 0 unspecified atom stereocenters. The highest BCUT2D eigenvalue weighted by Crippen LogP contribution is 2.21. The second kappa shape index (κ2) is 6.30. The molecule has 0 aliphatic heterocycles. The number of halogens is 3. The van der Waals surface area contributed by atoms with Crippen LogP contribution >= 0.6 is 31.9 Å². The largest absolute Gasteiger partial charge is 0.322 e. The third kappa shape index (κ3) is 3.42. The molecule has 1 N–H and O–H groups in total. The Hall–Kier alpha value is -1.20. The van der Waals surface area contributed by atoms with Crippen LogP contribution in [-0.2, 0) is 5.33 Å². The summed E-state index contributed by atoms with van der Waals surface area (Å²) >= 11 is 6.43. The average Bonchev–Trinajstić information content (AvgIpc) is 2.42. The highest BCUT2D eigenvalue weighted by molar-refractivity contribution is 9.10. The molecule has 0 fully saturated rings. The van der Waals surface area contributed by atoms with Crippen LogP contribution in [0, 0.1) is 5.82 Å². The van der Waals surface area contributed by atoms with Crippen molar-refractivity contribution in [3.63, 3.8) is 0 Å². The van der Waals surface area contributed by atoms with E-state index >= 15 is 0 Å². The molecule has 0 aliphatic rings. The fourth-order valence-electron chi connectivity index (χ4n) is 1.55. The van der Waals surface area contributed by atoms with E-state index in [1.807, 2.05) is 24.3 Å². The van der Waals surface area contributed by atoms with Crippen LogP contribution < -0.4 is 5.32 Å². The van der Waals surface area contributed by atoms with Gasteiger partial charge in [-0.3, -0.25) is 4.79 Å². The van der Waals surface area contributed by atoms with E-state index < -0.39 is 5.82 Å². The summed E-state index contributed by atoms with van der Waals surface area (Å²) < 4.78 is 13.5. The molecular formula is C14H10Br2FNO. The molecule has 0 radical (unpaired) electrons. The van der Waals surface area contributed by atoms with Crippen LogP contribution in [0.2, 0.25) is 0 Å². The van der Waals surface area contributed by atoms with E-state index in [4.69, 9.17) is 0 Å². The summed E-state index contributed by atoms with van der Waals surface area (Å²) in [5, 5.41) is 3.49. The zero-order valence-electron chi connectivity index (χ0n) is 9.79. The van der Waals surface area contributed by atoms with Crippen molar-refractivity contribution in [1.29, 1.82) is 0 Å². The van der Waals surface area contributed by atoms with Crippen molar-refractivity contribution in [2.45, 2.75) is 5.33 Å². The number of nitrogens with one attached hydrogen (secondary N) is 1. The van der Waals surface area contributed by atoms with E-state index in [1.165, 1.54) is 12.1 Å². The number of alkyl halides is 1. The Labute approximate surface area is 127 Å². The molecule has 0 saturated carbocycles. The van der Waals surface area contributed by atoms with Gasteiger partial charge in [0.05, 0.1) is 10.0 Å². The summed E-state index contributed by atoms with van der Waals surface area (Å²) in [6, 6.07) is 11.8. The highest BCUT2D eigenvalue weighted by Gasteiger charge is 2.12. The van der Waals surface area contributed by atoms with E-state index in [2.05, 4.69) is 37.2 Å². The second-order valence-electron chi connectivity index (χ2n) is 3.89. The molecule has 0 heterocycles. The molecule has 98 valence electrons. The third-order valence-corrected chi connectivity index (χ3v) is 4.02. The van der Waals surface area contributed by atoms with Crippen LogP contribution in [0.4, 0.5) is 10.1 Å². The summed E-state index contributed by atoms with van der Waals surface area (Å²) in [4.78, 5) is 12.0. The van der Waals surface area contributed by atoms with Gasteiger partial charge in [0.15, 0.2) is 0 Å². The quantitative estimate of drug-likeness (QED) is 0.758. The average molecular weight is 387 g/mol. The maximum Gasteiger partial charge on any atom is 0.256 e. The predicted molar refractivity (Wildman–Crippen MR) is 81.1 cm³/mol. The maximum atomic E-state index is 13.3. The van der Waals surface area contributed by atoms with Crippen molar-refractivity contribution in [1.82, 2.24) is 0 Å². The Morgan fingerprint density at radius 1 is 1.16 bits per heavy atom. The van der Waals surface area contributed by atoms with Crippen molar-refractivity contribution in [2.24, 2.45) is 0 Å². The van der Waals surface area contributed by atoms with E-state index in [0.29, 0.717) is 5.69 Å². The fourth-order valence-corrected chi connectivity index (χ4v) is 2.37. The second-order valence-corrected chi connectivity index (χ2v) is 5.24. The molecule has 0 saturated heterocycles. The zero-order valence-corrected chi connectivity index (χ0v) is 13.0. The number of rotatable bonds is 3. The van der Waals surface area contributed by atoms with Crippen LogP contribution in [0.3, 0.4) is 0 Å². The molecule has 2 rings (SSSR count). The molecule has 5 heteroatoms. The summed E-state index contributed by atoms with van der Waals surface area (Å²) in [7, 11) is 0. The molecule has 0 atom stereocenters. The summed E-state index contributed by atoms with van der Waals surface area (Å²) in [6.45, 7) is 0. The van der Waals surface area contributed by atoms with Gasteiger partial charge in [0, 0.05) is 11.0 Å². The van der Waals surface area contributed by atoms with Gasteiger partial charge in [0.25, 0.3) is 5.91 Å². The lowest BCUT2D eigenvalue weighted by Crippen LogP contribution is -2.13.